The summed E-state index contributed by atoms with van der Waals surface area (Å²) < 4.78 is 23.8. The van der Waals surface area contributed by atoms with Gasteiger partial charge in [0.1, 0.15) is 0 Å². The quantitative estimate of drug-likeness (QED) is 0.799. The highest BCUT2D eigenvalue weighted by atomic mass is 32.1. The lowest BCUT2D eigenvalue weighted by molar-refractivity contribution is 0.145. The molecule has 0 atom stereocenters. The van der Waals surface area contributed by atoms with E-state index in [1.54, 1.807) is 11.3 Å². The molecule has 1 nitrogen and oxygen atoms in total. The molecule has 1 aliphatic carbocycles. The van der Waals surface area contributed by atoms with Crippen LogP contribution in [0.3, 0.4) is 0 Å². The standard InChI is InChI=1S/C10H13F2NS/c11-10(12)4-13-3-8-5-14-6-9(8)7-1-2-7/h5-7,10,13H,1-4H2. The maximum Gasteiger partial charge on any atom is 0.250 e. The Morgan fingerprint density at radius 2 is 2.21 bits per heavy atom. The lowest BCUT2D eigenvalue weighted by Crippen LogP contribution is -2.20. The molecule has 78 valence electrons. The highest BCUT2D eigenvalue weighted by Crippen LogP contribution is 2.42. The van der Waals surface area contributed by atoms with Gasteiger partial charge in [0, 0.05) is 6.54 Å². The van der Waals surface area contributed by atoms with E-state index >= 15 is 0 Å². The molecule has 14 heavy (non-hydrogen) atoms. The molecule has 1 aliphatic rings. The van der Waals surface area contributed by atoms with Gasteiger partial charge in [-0.2, -0.15) is 11.3 Å². The first-order valence-electron chi connectivity index (χ1n) is 4.81. The summed E-state index contributed by atoms with van der Waals surface area (Å²) in [4.78, 5) is 0. The van der Waals surface area contributed by atoms with Crippen molar-refractivity contribution in [1.29, 1.82) is 0 Å². The van der Waals surface area contributed by atoms with Gasteiger partial charge in [0.25, 0.3) is 6.43 Å². The minimum Gasteiger partial charge on any atom is -0.307 e. The van der Waals surface area contributed by atoms with Gasteiger partial charge in [-0.15, -0.1) is 0 Å². The first-order valence-corrected chi connectivity index (χ1v) is 5.75. The Labute approximate surface area is 86.1 Å². The Morgan fingerprint density at radius 3 is 2.86 bits per heavy atom. The lowest BCUT2D eigenvalue weighted by atomic mass is 10.1. The third kappa shape index (κ3) is 2.51. The smallest absolute Gasteiger partial charge is 0.250 e. The molecule has 2 rings (SSSR count). The Balaban J connectivity index is 1.85. The minimum atomic E-state index is -2.25. The fourth-order valence-electron chi connectivity index (χ4n) is 1.55. The molecule has 0 amide bonds. The second-order valence-corrected chi connectivity index (χ2v) is 4.39. The van der Waals surface area contributed by atoms with Gasteiger partial charge in [-0.05, 0) is 40.6 Å². The summed E-state index contributed by atoms with van der Waals surface area (Å²) in [7, 11) is 0. The fraction of sp³-hybridized carbons (Fsp3) is 0.600. The largest absolute Gasteiger partial charge is 0.307 e. The second kappa shape index (κ2) is 4.36. The molecule has 1 saturated carbocycles. The van der Waals surface area contributed by atoms with Crippen LogP contribution in [0.1, 0.15) is 29.9 Å². The van der Waals surface area contributed by atoms with Crippen LogP contribution in [0.5, 0.6) is 0 Å². The Kier molecular flexibility index (Phi) is 3.13. The number of rotatable bonds is 5. The first kappa shape index (κ1) is 10.1. The third-order valence-corrected chi connectivity index (χ3v) is 3.22. The van der Waals surface area contributed by atoms with E-state index in [0.717, 1.165) is 0 Å². The Bertz CT molecular complexity index is 294. The van der Waals surface area contributed by atoms with E-state index in [1.165, 1.54) is 24.0 Å². The molecule has 1 aromatic rings. The molecule has 1 heterocycles. The number of alkyl halides is 2. The zero-order valence-electron chi connectivity index (χ0n) is 7.80. The molecule has 0 spiro atoms. The highest BCUT2D eigenvalue weighted by molar-refractivity contribution is 7.08. The lowest BCUT2D eigenvalue weighted by Gasteiger charge is -2.04. The normalized spacial score (nSPS) is 16.5. The van der Waals surface area contributed by atoms with Crippen LogP contribution in [0.4, 0.5) is 8.78 Å². The van der Waals surface area contributed by atoms with E-state index in [2.05, 4.69) is 16.1 Å². The van der Waals surface area contributed by atoms with Gasteiger partial charge < -0.3 is 5.32 Å². The molecule has 1 fully saturated rings. The molecule has 1 N–H and O–H groups in total. The molecule has 0 aromatic carbocycles. The number of nitrogens with one attached hydrogen (secondary N) is 1. The van der Waals surface area contributed by atoms with Crippen molar-refractivity contribution in [1.82, 2.24) is 5.32 Å². The van der Waals surface area contributed by atoms with Crippen LogP contribution in [0.25, 0.3) is 0 Å². The fourth-order valence-corrected chi connectivity index (χ4v) is 2.49. The average molecular weight is 217 g/mol. The molecule has 0 bridgehead atoms. The minimum absolute atomic E-state index is 0.208. The van der Waals surface area contributed by atoms with Crippen LogP contribution >= 0.6 is 11.3 Å². The first-order chi connectivity index (χ1) is 6.77. The van der Waals surface area contributed by atoms with Gasteiger partial charge in [0.2, 0.25) is 0 Å². The number of thiophene rings is 1. The maximum atomic E-state index is 11.9. The van der Waals surface area contributed by atoms with Gasteiger partial charge in [0.15, 0.2) is 0 Å². The van der Waals surface area contributed by atoms with E-state index < -0.39 is 6.43 Å². The van der Waals surface area contributed by atoms with Crippen molar-refractivity contribution >= 4 is 11.3 Å². The van der Waals surface area contributed by atoms with E-state index in [0.29, 0.717) is 12.5 Å². The van der Waals surface area contributed by atoms with Gasteiger partial charge in [-0.1, -0.05) is 0 Å². The summed E-state index contributed by atoms with van der Waals surface area (Å²) in [6.07, 6.45) is 0.273. The maximum absolute atomic E-state index is 11.9. The number of hydrogen-bond donors (Lipinski definition) is 1. The predicted molar refractivity (Wildman–Crippen MR) is 54.0 cm³/mol. The van der Waals surface area contributed by atoms with Crippen LogP contribution in [-0.2, 0) is 6.54 Å². The molecule has 4 heteroatoms. The molecule has 0 unspecified atom stereocenters. The number of halogens is 2. The monoisotopic (exact) mass is 217 g/mol. The van der Waals surface area contributed by atoms with Crippen LogP contribution in [0, 0.1) is 0 Å². The van der Waals surface area contributed by atoms with Crippen LogP contribution in [0.2, 0.25) is 0 Å². The van der Waals surface area contributed by atoms with Crippen molar-refractivity contribution in [3.8, 4) is 0 Å². The van der Waals surface area contributed by atoms with Gasteiger partial charge in [0.05, 0.1) is 6.54 Å². The summed E-state index contributed by atoms with van der Waals surface area (Å²) in [5, 5.41) is 6.98. The van der Waals surface area contributed by atoms with E-state index in [9.17, 15) is 8.78 Å². The Hall–Kier alpha value is -0.480. The average Bonchev–Trinajstić information content (AvgIpc) is 2.87. The van der Waals surface area contributed by atoms with Crippen molar-refractivity contribution in [3.63, 3.8) is 0 Å². The zero-order chi connectivity index (χ0) is 9.97. The SMILES string of the molecule is FC(F)CNCc1cscc1C1CC1. The second-order valence-electron chi connectivity index (χ2n) is 3.65. The van der Waals surface area contributed by atoms with Gasteiger partial charge in [-0.3, -0.25) is 0 Å². The molecule has 0 radical (unpaired) electrons. The molecule has 1 aromatic heterocycles. The van der Waals surface area contributed by atoms with E-state index in [-0.39, 0.29) is 6.54 Å². The van der Waals surface area contributed by atoms with Crippen molar-refractivity contribution < 1.29 is 8.78 Å². The topological polar surface area (TPSA) is 12.0 Å². The number of hydrogen-bond acceptors (Lipinski definition) is 2. The van der Waals surface area contributed by atoms with Gasteiger partial charge in [-0.25, -0.2) is 8.78 Å². The summed E-state index contributed by atoms with van der Waals surface area (Å²) in [6.45, 7) is 0.375. The molecule has 0 aliphatic heterocycles. The van der Waals surface area contributed by atoms with Crippen molar-refractivity contribution in [2.24, 2.45) is 0 Å². The third-order valence-electron chi connectivity index (χ3n) is 2.41. The summed E-state index contributed by atoms with van der Waals surface area (Å²) in [6, 6.07) is 0. The van der Waals surface area contributed by atoms with Crippen molar-refractivity contribution in [2.75, 3.05) is 6.54 Å². The summed E-state index contributed by atoms with van der Waals surface area (Å²) in [5.41, 5.74) is 2.58. The van der Waals surface area contributed by atoms with Crippen molar-refractivity contribution in [2.45, 2.75) is 31.7 Å². The summed E-state index contributed by atoms with van der Waals surface area (Å²) >= 11 is 1.67. The predicted octanol–water partition coefficient (Wildman–Crippen LogP) is 2.98. The van der Waals surface area contributed by atoms with Gasteiger partial charge >= 0.3 is 0 Å². The van der Waals surface area contributed by atoms with Crippen LogP contribution in [-0.4, -0.2) is 13.0 Å². The summed E-state index contributed by atoms with van der Waals surface area (Å²) in [5.74, 6) is 0.713. The van der Waals surface area contributed by atoms with Crippen LogP contribution in [0.15, 0.2) is 10.8 Å². The zero-order valence-corrected chi connectivity index (χ0v) is 8.62. The van der Waals surface area contributed by atoms with Crippen LogP contribution < -0.4 is 5.32 Å². The Morgan fingerprint density at radius 1 is 1.43 bits per heavy atom. The molecule has 0 saturated heterocycles. The van der Waals surface area contributed by atoms with Crippen molar-refractivity contribution in [3.05, 3.63) is 21.9 Å². The molecular formula is C10H13F2NS. The van der Waals surface area contributed by atoms with E-state index in [1.807, 2.05) is 0 Å². The highest BCUT2D eigenvalue weighted by Gasteiger charge is 2.26. The van der Waals surface area contributed by atoms with E-state index in [4.69, 9.17) is 0 Å². The molecular weight excluding hydrogens is 204 g/mol.